The molecule has 3 aromatic heterocycles. The molecule has 3 N–H and O–H groups in total. The van der Waals surface area contributed by atoms with E-state index in [-0.39, 0.29) is 95.4 Å². The van der Waals surface area contributed by atoms with E-state index in [1.165, 1.54) is 128 Å². The SMILES string of the molecule is CC1=C(C(=O)N(C)S(=O)(=O)c2ccccc2)C(c2ccc(Cl)c(Cl)c2)n2nc(C(F)(F)F)cc2N1.CC1=C(S(=O)(=O)N2CCCC2)C(c2ccc(Cl)c(Cl)c2)n2nc(C(F)(F)F)cc2N1.CC1=C(S(=O)(=O)c2ccc(Cl)cc2)C(c2ccc(Cl)c(Cl)c2)n2nc(C(F)(F)F)cc2N1. The van der Waals surface area contributed by atoms with E-state index in [0.717, 1.165) is 52.1 Å². The maximum absolute atomic E-state index is 13.6. The van der Waals surface area contributed by atoms with Crippen LogP contribution in [0.15, 0.2) is 170 Å². The lowest BCUT2D eigenvalue weighted by Gasteiger charge is -2.32. The summed E-state index contributed by atoms with van der Waals surface area (Å²) < 4.78 is 206. The first-order valence-corrected chi connectivity index (χ1v) is 35.1. The zero-order valence-electron chi connectivity index (χ0n) is 49.9. The minimum absolute atomic E-state index is 0.0130. The van der Waals surface area contributed by atoms with Crippen LogP contribution >= 0.6 is 81.2 Å². The number of rotatable bonds is 10. The zero-order chi connectivity index (χ0) is 71.0. The molecule has 12 rings (SSSR count). The van der Waals surface area contributed by atoms with Crippen molar-refractivity contribution in [3.63, 3.8) is 0 Å². The summed E-state index contributed by atoms with van der Waals surface area (Å²) in [6.07, 6.45) is -12.7. The third-order valence-corrected chi connectivity index (χ3v) is 23.8. The largest absolute Gasteiger partial charge is 0.435 e. The van der Waals surface area contributed by atoms with E-state index in [1.54, 1.807) is 6.07 Å². The van der Waals surface area contributed by atoms with Crippen LogP contribution in [0.1, 0.15) is 85.5 Å². The van der Waals surface area contributed by atoms with Crippen molar-refractivity contribution >= 4 is 134 Å². The van der Waals surface area contributed by atoms with E-state index in [2.05, 4.69) is 31.2 Å². The number of carbonyl (C=O) groups excluding carboxylic acids is 1. The molecule has 5 aromatic carbocycles. The van der Waals surface area contributed by atoms with Gasteiger partial charge in [-0.15, -0.1) is 0 Å². The Morgan fingerprint density at radius 3 is 1.25 bits per heavy atom. The highest BCUT2D eigenvalue weighted by atomic mass is 35.5. The third kappa shape index (κ3) is 14.6. The standard InChI is InChI=1S/C22H17Cl2F3N4O3S.C20H13Cl3F3N3O2S.C18H17Cl2F3N4O2S/c1-12-19(21(32)30(2)35(33,34)14-6-4-3-5-7-14)20(13-8-9-15(23)16(24)10-13)31-18(28-12)11-17(29-31)22(25,26)27;1-10-19(32(30,31)13-5-3-12(21)4-6-13)18(11-2-7-14(22)15(23)8-11)29-17(27-10)9-16(28-29)20(24,25)26;1-10-17(30(28,29)26-6-2-3-7-26)16(11-4-5-12(19)13(20)8-11)27-15(24-10)9-14(25-27)18(21,22)23/h3-11,20,28H,1-2H3;2-9,18,27H,1H3;4-5,8-9,16,24H,2-3,6-7H2,1H3. The van der Waals surface area contributed by atoms with Crippen LogP contribution in [0.5, 0.6) is 0 Å². The average molecular weight is 1550 g/mol. The maximum Gasteiger partial charge on any atom is 0.435 e. The Hall–Kier alpha value is -6.97. The van der Waals surface area contributed by atoms with E-state index < -0.39 is 89.5 Å². The van der Waals surface area contributed by atoms with Gasteiger partial charge in [-0.2, -0.15) is 59.1 Å². The van der Waals surface area contributed by atoms with Crippen molar-refractivity contribution in [2.24, 2.45) is 0 Å². The molecule has 0 radical (unpaired) electrons. The number of hydrogen-bond donors (Lipinski definition) is 3. The molecule has 1 saturated heterocycles. The lowest BCUT2D eigenvalue weighted by Crippen LogP contribution is -2.39. The van der Waals surface area contributed by atoms with Gasteiger partial charge < -0.3 is 16.0 Å². The van der Waals surface area contributed by atoms with Gasteiger partial charge >= 0.3 is 18.5 Å². The van der Waals surface area contributed by atoms with Gasteiger partial charge in [-0.05, 0) is 123 Å². The van der Waals surface area contributed by atoms with Gasteiger partial charge in [-0.1, -0.05) is 118 Å². The Morgan fingerprint density at radius 2 is 0.845 bits per heavy atom. The second-order valence-electron chi connectivity index (χ2n) is 21.9. The number of carbonyl (C=O) groups is 1. The molecule has 0 spiro atoms. The van der Waals surface area contributed by atoms with Crippen LogP contribution in [-0.2, 0) is 53.2 Å². The lowest BCUT2D eigenvalue weighted by molar-refractivity contribution is -0.142. The van der Waals surface area contributed by atoms with Crippen molar-refractivity contribution in [2.75, 3.05) is 36.1 Å². The second kappa shape index (κ2) is 27.3. The number of nitrogens with zero attached hydrogens (tertiary/aromatic N) is 8. The summed E-state index contributed by atoms with van der Waals surface area (Å²) in [7, 11) is -11.3. The van der Waals surface area contributed by atoms with Gasteiger partial charge in [0.1, 0.15) is 40.5 Å². The molecule has 4 aliphatic heterocycles. The average Bonchev–Trinajstić information content (AvgIpc) is 1.15. The van der Waals surface area contributed by atoms with Gasteiger partial charge in [0.25, 0.3) is 15.9 Å². The van der Waals surface area contributed by atoms with Gasteiger partial charge in [0.2, 0.25) is 19.9 Å². The number of sulfonamides is 2. The number of alkyl halides is 9. The number of nitrogens with one attached hydrogen (secondary N) is 3. The number of anilines is 3. The molecule has 18 nitrogen and oxygen atoms in total. The van der Waals surface area contributed by atoms with E-state index in [9.17, 15) is 69.6 Å². The number of sulfone groups is 1. The van der Waals surface area contributed by atoms with Crippen LogP contribution in [0.3, 0.4) is 0 Å². The summed E-state index contributed by atoms with van der Waals surface area (Å²) in [4.78, 5) is 13.2. The van der Waals surface area contributed by atoms with Crippen molar-refractivity contribution in [1.29, 1.82) is 0 Å². The Bertz CT molecular complexity index is 4910. The third-order valence-electron chi connectivity index (χ3n) is 15.5. The fourth-order valence-corrected chi connectivity index (χ4v) is 16.8. The Labute approximate surface area is 582 Å². The Morgan fingerprint density at radius 1 is 0.474 bits per heavy atom. The molecule has 1 amide bonds. The predicted molar refractivity (Wildman–Crippen MR) is 349 cm³/mol. The first kappa shape index (κ1) is 72.8. The molecule has 0 saturated carbocycles. The fraction of sp³-hybridized carbons (Fsp3) is 0.233. The highest BCUT2D eigenvalue weighted by Gasteiger charge is 2.46. The quantitative estimate of drug-likeness (QED) is 0.109. The summed E-state index contributed by atoms with van der Waals surface area (Å²) in [5.41, 5.74) is -2.12. The number of aromatic nitrogens is 6. The van der Waals surface area contributed by atoms with Crippen LogP contribution in [0.25, 0.3) is 0 Å². The van der Waals surface area contributed by atoms with E-state index in [4.69, 9.17) is 81.2 Å². The summed E-state index contributed by atoms with van der Waals surface area (Å²) in [5.74, 6) is -0.960. The number of amides is 1. The number of fused-ring (bicyclic) bond motifs is 3. The smallest absolute Gasteiger partial charge is 0.344 e. The number of likely N-dealkylation sites (N-methyl/N-ethyl adjacent to an activating group) is 1. The minimum atomic E-state index is -4.75. The van der Waals surface area contributed by atoms with Crippen molar-refractivity contribution in [3.8, 4) is 0 Å². The van der Waals surface area contributed by atoms with E-state index in [0.29, 0.717) is 33.5 Å². The Balaban J connectivity index is 0.000000158. The molecule has 4 aliphatic rings. The number of halogens is 16. The van der Waals surface area contributed by atoms with Crippen molar-refractivity contribution in [1.82, 2.24) is 38.0 Å². The van der Waals surface area contributed by atoms with E-state index >= 15 is 0 Å². The molecule has 8 aromatic rings. The highest BCUT2D eigenvalue weighted by molar-refractivity contribution is 7.95. The zero-order valence-corrected chi connectivity index (χ0v) is 57.6. The molecule has 3 unspecified atom stereocenters. The normalized spacial score (nSPS) is 17.6. The summed E-state index contributed by atoms with van der Waals surface area (Å²) in [6, 6.07) is 24.8. The topological polar surface area (TPSA) is 216 Å². The van der Waals surface area contributed by atoms with Crippen molar-refractivity contribution in [3.05, 3.63) is 229 Å². The number of hydrogen-bond acceptors (Lipinski definition) is 13. The molecule has 37 heteroatoms. The van der Waals surface area contributed by atoms with Crippen molar-refractivity contribution < 1.29 is 69.6 Å². The van der Waals surface area contributed by atoms with E-state index in [1.807, 2.05) is 0 Å². The predicted octanol–water partition coefficient (Wildman–Crippen LogP) is 16.8. The summed E-state index contributed by atoms with van der Waals surface area (Å²) >= 11 is 42.3. The molecule has 0 aliphatic carbocycles. The van der Waals surface area contributed by atoms with Crippen LogP contribution in [0.2, 0.25) is 35.2 Å². The Kier molecular flexibility index (Phi) is 20.5. The molecule has 3 atom stereocenters. The highest BCUT2D eigenvalue weighted by Crippen LogP contribution is 2.47. The van der Waals surface area contributed by atoms with Crippen LogP contribution in [0.4, 0.5) is 57.0 Å². The number of allylic oxidation sites excluding steroid dienone is 5. The number of benzene rings is 5. The molecule has 97 heavy (non-hydrogen) atoms. The molecular formula is C60H47Cl7F9N11O7S3. The molecule has 0 bridgehead atoms. The van der Waals surface area contributed by atoms with Gasteiger partial charge in [0.15, 0.2) is 17.1 Å². The molecule has 514 valence electrons. The van der Waals surface area contributed by atoms with Crippen LogP contribution in [-0.4, -0.2) is 89.2 Å². The molecular weight excluding hydrogens is 1500 g/mol. The molecule has 1 fully saturated rings. The molecule has 7 heterocycles. The maximum atomic E-state index is 13.6. The van der Waals surface area contributed by atoms with Crippen LogP contribution < -0.4 is 16.0 Å². The first-order chi connectivity index (χ1) is 45.2. The minimum Gasteiger partial charge on any atom is -0.344 e. The monoisotopic (exact) mass is 1550 g/mol. The van der Waals surface area contributed by atoms with Gasteiger partial charge in [-0.3, -0.25) is 4.79 Å². The van der Waals surface area contributed by atoms with Crippen LogP contribution in [0, 0.1) is 0 Å². The van der Waals surface area contributed by atoms with Gasteiger partial charge in [0, 0.05) is 60.5 Å². The lowest BCUT2D eigenvalue weighted by atomic mass is 9.95. The van der Waals surface area contributed by atoms with Gasteiger partial charge in [0.05, 0.1) is 50.4 Å². The van der Waals surface area contributed by atoms with Crippen molar-refractivity contribution in [2.45, 2.75) is 80.1 Å². The summed E-state index contributed by atoms with van der Waals surface area (Å²) in [5, 5.41) is 20.6. The fourth-order valence-electron chi connectivity index (χ4n) is 10.9. The van der Waals surface area contributed by atoms with Gasteiger partial charge in [-0.25, -0.2) is 43.6 Å². The summed E-state index contributed by atoms with van der Waals surface area (Å²) in [6.45, 7) is 5.17. The first-order valence-electron chi connectivity index (χ1n) is 28.1. The second-order valence-corrected chi connectivity index (χ2v) is 30.5.